The van der Waals surface area contributed by atoms with Crippen molar-refractivity contribution in [3.63, 3.8) is 0 Å². The Bertz CT molecular complexity index is 1090. The van der Waals surface area contributed by atoms with E-state index in [-0.39, 0.29) is 76.2 Å². The van der Waals surface area contributed by atoms with E-state index in [2.05, 4.69) is 27.7 Å². The molecule has 6 fully saturated rings. The van der Waals surface area contributed by atoms with Crippen molar-refractivity contribution in [2.75, 3.05) is 0 Å². The minimum Gasteiger partial charge on any atom is -0.465 e. The Labute approximate surface area is 263 Å². The number of rotatable bonds is 12. The number of carbonyl (C=O) groups is 4. The number of hydrogen-bond acceptors (Lipinski definition) is 8. The third kappa shape index (κ3) is 5.09. The van der Waals surface area contributed by atoms with Crippen molar-refractivity contribution in [1.29, 1.82) is 0 Å². The van der Waals surface area contributed by atoms with Crippen LogP contribution >= 0.6 is 0 Å². The quantitative estimate of drug-likeness (QED) is 0.141. The molecule has 2 bridgehead atoms. The molecule has 0 aromatic rings. The van der Waals surface area contributed by atoms with Crippen LogP contribution in [0.25, 0.3) is 0 Å². The third-order valence-electron chi connectivity index (χ3n) is 14.8. The summed E-state index contributed by atoms with van der Waals surface area (Å²) in [5.41, 5.74) is -0.535. The molecular weight excluding hydrogens is 560 g/mol. The number of esters is 1. The Morgan fingerprint density at radius 2 is 1.64 bits per heavy atom. The summed E-state index contributed by atoms with van der Waals surface area (Å²) in [7, 11) is 0. The summed E-state index contributed by atoms with van der Waals surface area (Å²) >= 11 is 0. The molecule has 0 aromatic carbocycles. The van der Waals surface area contributed by atoms with Gasteiger partial charge in [0.1, 0.15) is 23.9 Å². The Morgan fingerprint density at radius 3 is 2.30 bits per heavy atom. The van der Waals surface area contributed by atoms with Gasteiger partial charge in [0.2, 0.25) is 0 Å². The van der Waals surface area contributed by atoms with Gasteiger partial charge in [-0.25, -0.2) is 0 Å². The van der Waals surface area contributed by atoms with Gasteiger partial charge in [0.25, 0.3) is 19.4 Å². The van der Waals surface area contributed by atoms with Crippen molar-refractivity contribution in [3.05, 3.63) is 0 Å². The van der Waals surface area contributed by atoms with Gasteiger partial charge in [0.15, 0.2) is 0 Å². The lowest BCUT2D eigenvalue weighted by molar-refractivity contribution is -0.218. The molecule has 6 rings (SSSR count). The van der Waals surface area contributed by atoms with E-state index in [1.807, 2.05) is 0 Å². The van der Waals surface area contributed by atoms with Gasteiger partial charge in [-0.15, -0.1) is 0 Å². The molecular formula is C36H54O8. The van der Waals surface area contributed by atoms with Crippen molar-refractivity contribution >= 4 is 25.4 Å². The standard InChI is InChI=1S/C36H54O8/c1-5-36(18-23-7-8-24(36)14-23)44-32(40)11-6-22(2)27-9-10-28-33-29(17-31(43-21-39)35(27,28)4)34(3)13-12-26(41-19-37)15-25(34)16-30(33)42-20-38/h19-31,33H,5-18H2,1-4H3/t22-,23+,24-,25+,26-,27-,28+,29+,30-,31+,33+,34+,35-,36+/m1/s1. The Kier molecular flexibility index (Phi) is 8.86. The van der Waals surface area contributed by atoms with Crippen LogP contribution < -0.4 is 0 Å². The average molecular weight is 615 g/mol. The van der Waals surface area contributed by atoms with Crippen LogP contribution in [-0.2, 0) is 38.1 Å². The predicted octanol–water partition coefficient (Wildman–Crippen LogP) is 6.42. The van der Waals surface area contributed by atoms with Crippen LogP contribution in [0.4, 0.5) is 0 Å². The second-order valence-electron chi connectivity index (χ2n) is 16.1. The van der Waals surface area contributed by atoms with Crippen molar-refractivity contribution < 1.29 is 38.1 Å². The number of carbonyl (C=O) groups excluding carboxylic acids is 4. The van der Waals surface area contributed by atoms with E-state index in [4.69, 9.17) is 18.9 Å². The maximum atomic E-state index is 13.3. The second kappa shape index (κ2) is 12.2. The summed E-state index contributed by atoms with van der Waals surface area (Å²) in [6, 6.07) is 0. The van der Waals surface area contributed by atoms with Crippen molar-refractivity contribution in [2.45, 2.75) is 141 Å². The number of ether oxygens (including phenoxy) is 4. The van der Waals surface area contributed by atoms with Crippen molar-refractivity contribution in [3.8, 4) is 0 Å². The van der Waals surface area contributed by atoms with Crippen LogP contribution in [0.5, 0.6) is 0 Å². The molecule has 0 radical (unpaired) electrons. The lowest BCUT2D eigenvalue weighted by Gasteiger charge is -2.64. The minimum atomic E-state index is -0.272. The molecule has 246 valence electrons. The first-order valence-corrected chi connectivity index (χ1v) is 17.6. The molecule has 8 heteroatoms. The summed E-state index contributed by atoms with van der Waals surface area (Å²) in [6.45, 7) is 10.9. The van der Waals surface area contributed by atoms with E-state index >= 15 is 0 Å². The van der Waals surface area contributed by atoms with Gasteiger partial charge in [0, 0.05) is 17.8 Å². The summed E-state index contributed by atoms with van der Waals surface area (Å²) in [5, 5.41) is 0. The van der Waals surface area contributed by atoms with E-state index in [1.54, 1.807) is 0 Å². The highest BCUT2D eigenvalue weighted by molar-refractivity contribution is 5.70. The molecule has 0 heterocycles. The highest BCUT2D eigenvalue weighted by Crippen LogP contribution is 2.69. The van der Waals surface area contributed by atoms with Crippen LogP contribution in [0.2, 0.25) is 0 Å². The van der Waals surface area contributed by atoms with Gasteiger partial charge in [-0.2, -0.15) is 0 Å². The SMILES string of the molecule is CC[C@]1(OC(=O)CC[C@@H](C)[C@H]2CC[C@H]3[C@@H]4[C@H](OC=O)C[C@@H]5C[C@H](OC=O)CC[C@]5(C)[C@H]4C[C@H](OC=O)[C@]23C)C[C@H]2CC[C@@H]1C2. The van der Waals surface area contributed by atoms with E-state index in [1.165, 1.54) is 19.3 Å². The zero-order valence-corrected chi connectivity index (χ0v) is 27.2. The van der Waals surface area contributed by atoms with E-state index < -0.39 is 0 Å². The monoisotopic (exact) mass is 614 g/mol. The maximum absolute atomic E-state index is 13.3. The fourth-order valence-corrected chi connectivity index (χ4v) is 12.6. The first-order chi connectivity index (χ1) is 21.1. The highest BCUT2D eigenvalue weighted by Gasteiger charge is 2.67. The third-order valence-corrected chi connectivity index (χ3v) is 14.8. The van der Waals surface area contributed by atoms with Gasteiger partial charge in [0.05, 0.1) is 0 Å². The first-order valence-electron chi connectivity index (χ1n) is 17.6. The lowest BCUT2D eigenvalue weighted by atomic mass is 9.43. The predicted molar refractivity (Wildman–Crippen MR) is 162 cm³/mol. The average Bonchev–Trinajstić information content (AvgIpc) is 3.71. The van der Waals surface area contributed by atoms with Crippen LogP contribution in [0.3, 0.4) is 0 Å². The second-order valence-corrected chi connectivity index (χ2v) is 16.1. The van der Waals surface area contributed by atoms with E-state index in [9.17, 15) is 19.2 Å². The molecule has 14 atom stereocenters. The molecule has 0 N–H and O–H groups in total. The fraction of sp³-hybridized carbons (Fsp3) is 0.889. The lowest BCUT2D eigenvalue weighted by Crippen LogP contribution is -2.63. The fourth-order valence-electron chi connectivity index (χ4n) is 12.6. The van der Waals surface area contributed by atoms with Crippen molar-refractivity contribution in [2.24, 2.45) is 58.2 Å². The largest absolute Gasteiger partial charge is 0.465 e. The molecule has 0 amide bonds. The Hall–Kier alpha value is -2.12. The Morgan fingerprint density at radius 1 is 0.864 bits per heavy atom. The number of hydrogen-bond donors (Lipinski definition) is 0. The Balaban J connectivity index is 1.19. The molecule has 0 aromatic heterocycles. The number of fused-ring (bicyclic) bond motifs is 7. The smallest absolute Gasteiger partial charge is 0.306 e. The zero-order chi connectivity index (χ0) is 31.3. The van der Waals surface area contributed by atoms with Gasteiger partial charge in [-0.1, -0.05) is 27.7 Å². The van der Waals surface area contributed by atoms with Crippen LogP contribution in [0.15, 0.2) is 0 Å². The van der Waals surface area contributed by atoms with Crippen LogP contribution in [0, 0.1) is 58.2 Å². The van der Waals surface area contributed by atoms with Gasteiger partial charge in [-0.05, 0) is 130 Å². The van der Waals surface area contributed by atoms with E-state index in [0.29, 0.717) is 31.8 Å². The molecule has 6 saturated carbocycles. The van der Waals surface area contributed by atoms with Crippen molar-refractivity contribution in [1.82, 2.24) is 0 Å². The maximum Gasteiger partial charge on any atom is 0.306 e. The van der Waals surface area contributed by atoms with E-state index in [0.717, 1.165) is 70.1 Å². The van der Waals surface area contributed by atoms with Gasteiger partial charge < -0.3 is 18.9 Å². The molecule has 6 aliphatic carbocycles. The summed E-state index contributed by atoms with van der Waals surface area (Å²) in [5.74, 6) is 2.66. The minimum absolute atomic E-state index is 0.00956. The van der Waals surface area contributed by atoms with Gasteiger partial charge >= 0.3 is 5.97 Å². The highest BCUT2D eigenvalue weighted by atomic mass is 16.6. The molecule has 8 nitrogen and oxygen atoms in total. The molecule has 0 unspecified atom stereocenters. The molecule has 0 saturated heterocycles. The molecule has 0 aliphatic heterocycles. The van der Waals surface area contributed by atoms with Gasteiger partial charge in [-0.3, -0.25) is 19.2 Å². The molecule has 0 spiro atoms. The zero-order valence-electron chi connectivity index (χ0n) is 27.2. The summed E-state index contributed by atoms with van der Waals surface area (Å²) in [6.07, 6.45) is 12.3. The molecule has 6 aliphatic rings. The molecule has 44 heavy (non-hydrogen) atoms. The first kappa shape index (κ1) is 31.8. The van der Waals surface area contributed by atoms with Crippen LogP contribution in [0.1, 0.15) is 118 Å². The summed E-state index contributed by atoms with van der Waals surface area (Å²) in [4.78, 5) is 48.2. The summed E-state index contributed by atoms with van der Waals surface area (Å²) < 4.78 is 23.6. The van der Waals surface area contributed by atoms with Crippen LogP contribution in [-0.4, -0.2) is 49.3 Å². The normalized spacial score (nSPS) is 47.8. The topological polar surface area (TPSA) is 105 Å².